The van der Waals surface area contributed by atoms with Crippen LogP contribution in [0.1, 0.15) is 11.1 Å². The quantitative estimate of drug-likeness (QED) is 0.225. The van der Waals surface area contributed by atoms with Gasteiger partial charge < -0.3 is 0 Å². The molecule has 0 aliphatic heterocycles. The maximum Gasteiger partial charge on any atom is 0.417 e. The van der Waals surface area contributed by atoms with Crippen LogP contribution in [0, 0.1) is 0 Å². The van der Waals surface area contributed by atoms with Gasteiger partial charge in [-0.05, 0) is 33.7 Å². The molecule has 0 radical (unpaired) electrons. The summed E-state index contributed by atoms with van der Waals surface area (Å²) >= 11 is 11.8. The second-order valence-electron chi connectivity index (χ2n) is 6.16. The third kappa shape index (κ3) is 5.39. The van der Waals surface area contributed by atoms with Gasteiger partial charge >= 0.3 is 12.4 Å². The largest absolute Gasteiger partial charge is 0.417 e. The van der Waals surface area contributed by atoms with Crippen LogP contribution in [0.25, 0.3) is 11.6 Å². The number of nitrogens with zero attached hydrogens (tertiary/aromatic N) is 8. The lowest BCUT2D eigenvalue weighted by atomic mass is 10.3. The zero-order valence-corrected chi connectivity index (χ0v) is 19.0. The van der Waals surface area contributed by atoms with Crippen LogP contribution in [-0.4, -0.2) is 39.5 Å². The van der Waals surface area contributed by atoms with Gasteiger partial charge in [0.15, 0.2) is 11.6 Å². The number of halogens is 8. The fourth-order valence-corrected chi connectivity index (χ4v) is 4.34. The van der Waals surface area contributed by atoms with E-state index in [4.69, 9.17) is 23.2 Å². The molecular formula is C16H6Cl2F6N8S2. The molecule has 0 aliphatic carbocycles. The highest BCUT2D eigenvalue weighted by Crippen LogP contribution is 2.35. The SMILES string of the molecule is FC(F)(F)c1cnc(-n2cnc(SSc3ncn(-c4ncc(C(F)(F)F)cc4Cl)n3)n2)c(Cl)c1. The molecule has 18 heteroatoms. The van der Waals surface area contributed by atoms with Crippen LogP contribution in [0.2, 0.25) is 10.0 Å². The molecule has 4 heterocycles. The number of alkyl halides is 6. The van der Waals surface area contributed by atoms with E-state index >= 15 is 0 Å². The Morgan fingerprint density at radius 2 is 1.03 bits per heavy atom. The highest BCUT2D eigenvalue weighted by Gasteiger charge is 2.32. The smallest absolute Gasteiger partial charge is 0.235 e. The summed E-state index contributed by atoms with van der Waals surface area (Å²) in [6.07, 6.45) is -5.51. The number of pyridine rings is 2. The first kappa shape index (κ1) is 24.6. The molecular weight excluding hydrogens is 553 g/mol. The third-order valence-corrected chi connectivity index (χ3v) is 6.32. The van der Waals surface area contributed by atoms with Gasteiger partial charge in [-0.1, -0.05) is 23.2 Å². The van der Waals surface area contributed by atoms with Crippen molar-refractivity contribution in [2.24, 2.45) is 0 Å². The molecule has 0 fully saturated rings. The minimum Gasteiger partial charge on any atom is -0.235 e. The summed E-state index contributed by atoms with van der Waals surface area (Å²) in [6.45, 7) is 0. The minimum atomic E-state index is -4.59. The molecule has 0 saturated carbocycles. The van der Waals surface area contributed by atoms with Crippen molar-refractivity contribution in [3.63, 3.8) is 0 Å². The molecule has 0 bridgehead atoms. The average molecular weight is 559 g/mol. The van der Waals surface area contributed by atoms with E-state index in [2.05, 4.69) is 30.1 Å². The molecule has 0 N–H and O–H groups in total. The number of rotatable bonds is 5. The normalized spacial score (nSPS) is 12.4. The first-order chi connectivity index (χ1) is 15.9. The summed E-state index contributed by atoms with van der Waals surface area (Å²) < 4.78 is 78.7. The van der Waals surface area contributed by atoms with Crippen molar-refractivity contribution in [1.82, 2.24) is 39.5 Å². The second-order valence-corrected chi connectivity index (χ2v) is 9.04. The highest BCUT2D eigenvalue weighted by atomic mass is 35.5. The Morgan fingerprint density at radius 1 is 0.647 bits per heavy atom. The number of aromatic nitrogens is 8. The molecule has 4 aromatic heterocycles. The lowest BCUT2D eigenvalue weighted by molar-refractivity contribution is -0.138. The van der Waals surface area contributed by atoms with E-state index in [1.807, 2.05) is 0 Å². The molecule has 8 nitrogen and oxygen atoms in total. The van der Waals surface area contributed by atoms with Gasteiger partial charge in [-0.2, -0.15) is 35.7 Å². The maximum atomic E-state index is 12.8. The van der Waals surface area contributed by atoms with Gasteiger partial charge in [0.1, 0.15) is 12.7 Å². The third-order valence-electron chi connectivity index (χ3n) is 3.86. The van der Waals surface area contributed by atoms with Gasteiger partial charge in [0.05, 0.1) is 21.2 Å². The molecule has 0 unspecified atom stereocenters. The highest BCUT2D eigenvalue weighted by molar-refractivity contribution is 8.76. The fourth-order valence-electron chi connectivity index (χ4n) is 2.36. The lowest BCUT2D eigenvalue weighted by Gasteiger charge is -2.08. The Kier molecular flexibility index (Phi) is 6.67. The zero-order valence-electron chi connectivity index (χ0n) is 15.9. The standard InChI is InChI=1S/C16H6Cl2F6N8S2/c17-9-1-7(15(19,20)21)3-25-11(9)31-5-27-13(29-31)33-34-14-28-6-32(30-14)12-10(18)2-8(4-26-12)16(22,23)24/h1-6H. The first-order valence-corrected chi connectivity index (χ1v) is 11.5. The van der Waals surface area contributed by atoms with Crippen molar-refractivity contribution >= 4 is 44.8 Å². The van der Waals surface area contributed by atoms with E-state index in [0.717, 1.165) is 43.1 Å². The molecule has 0 spiro atoms. The predicted molar refractivity (Wildman–Crippen MR) is 110 cm³/mol. The molecule has 0 amide bonds. The van der Waals surface area contributed by atoms with Gasteiger partial charge in [-0.25, -0.2) is 19.9 Å². The van der Waals surface area contributed by atoms with E-state index in [-0.39, 0.29) is 32.0 Å². The van der Waals surface area contributed by atoms with Crippen LogP contribution < -0.4 is 0 Å². The molecule has 0 aliphatic rings. The van der Waals surface area contributed by atoms with Crippen molar-refractivity contribution in [3.05, 3.63) is 58.4 Å². The summed E-state index contributed by atoms with van der Waals surface area (Å²) in [5.41, 5.74) is -2.01. The Morgan fingerprint density at radius 3 is 1.35 bits per heavy atom. The number of hydrogen-bond donors (Lipinski definition) is 0. The van der Waals surface area contributed by atoms with Crippen molar-refractivity contribution in [2.45, 2.75) is 22.7 Å². The fraction of sp³-hybridized carbons (Fsp3) is 0.125. The van der Waals surface area contributed by atoms with Crippen LogP contribution in [0.3, 0.4) is 0 Å². The van der Waals surface area contributed by atoms with Crippen LogP contribution in [-0.2, 0) is 12.4 Å². The summed E-state index contributed by atoms with van der Waals surface area (Å²) in [6, 6.07) is 1.45. The predicted octanol–water partition coefficient (Wildman–Crippen LogP) is 5.78. The summed E-state index contributed by atoms with van der Waals surface area (Å²) in [5, 5.41) is 7.98. The second kappa shape index (κ2) is 9.24. The maximum absolute atomic E-state index is 12.8. The summed E-state index contributed by atoms with van der Waals surface area (Å²) in [5.74, 6) is -0.103. The van der Waals surface area contributed by atoms with Crippen molar-refractivity contribution in [2.75, 3.05) is 0 Å². The summed E-state index contributed by atoms with van der Waals surface area (Å²) in [7, 11) is 2.01. The van der Waals surface area contributed by atoms with Crippen LogP contribution >= 0.6 is 44.8 Å². The van der Waals surface area contributed by atoms with Gasteiger partial charge in [-0.3, -0.25) is 0 Å². The van der Waals surface area contributed by atoms with E-state index in [0.29, 0.717) is 12.4 Å². The van der Waals surface area contributed by atoms with Gasteiger partial charge in [0, 0.05) is 12.4 Å². The lowest BCUT2D eigenvalue weighted by Crippen LogP contribution is -2.08. The Balaban J connectivity index is 1.45. The Bertz CT molecular complexity index is 1240. The van der Waals surface area contributed by atoms with Crippen molar-refractivity contribution < 1.29 is 26.3 Å². The minimum absolute atomic E-state index is 0.0514. The van der Waals surface area contributed by atoms with Gasteiger partial charge in [0.2, 0.25) is 10.3 Å². The molecule has 4 rings (SSSR count). The molecule has 0 saturated heterocycles. The van der Waals surface area contributed by atoms with Crippen LogP contribution in [0.5, 0.6) is 0 Å². The van der Waals surface area contributed by atoms with Crippen molar-refractivity contribution in [1.29, 1.82) is 0 Å². The van der Waals surface area contributed by atoms with E-state index in [1.54, 1.807) is 0 Å². The zero-order chi connectivity index (χ0) is 24.7. The van der Waals surface area contributed by atoms with E-state index < -0.39 is 23.5 Å². The van der Waals surface area contributed by atoms with Gasteiger partial charge in [-0.15, -0.1) is 10.2 Å². The molecule has 0 aromatic carbocycles. The Labute approximate surface area is 203 Å². The average Bonchev–Trinajstić information content (AvgIpc) is 3.40. The molecule has 0 atom stereocenters. The number of hydrogen-bond acceptors (Lipinski definition) is 8. The monoisotopic (exact) mass is 558 g/mol. The Hall–Kier alpha value is -2.56. The van der Waals surface area contributed by atoms with E-state index in [1.165, 1.54) is 12.7 Å². The van der Waals surface area contributed by atoms with Gasteiger partial charge in [0.25, 0.3) is 0 Å². The summed E-state index contributed by atoms with van der Waals surface area (Å²) in [4.78, 5) is 15.4. The molecule has 178 valence electrons. The molecule has 34 heavy (non-hydrogen) atoms. The van der Waals surface area contributed by atoms with Crippen LogP contribution in [0.15, 0.2) is 47.5 Å². The molecule has 4 aromatic rings. The van der Waals surface area contributed by atoms with E-state index in [9.17, 15) is 26.3 Å². The van der Waals surface area contributed by atoms with Crippen LogP contribution in [0.4, 0.5) is 26.3 Å². The van der Waals surface area contributed by atoms with Crippen molar-refractivity contribution in [3.8, 4) is 11.6 Å². The first-order valence-electron chi connectivity index (χ1n) is 8.56. The topological polar surface area (TPSA) is 87.2 Å².